The number of hydrogen-bond acceptors (Lipinski definition) is 4. The molecule has 6 heteroatoms. The monoisotopic (exact) mass is 376 g/mol. The summed E-state index contributed by atoms with van der Waals surface area (Å²) in [5.74, 6) is -0.150. The Balaban J connectivity index is 1.37. The third-order valence-electron chi connectivity index (χ3n) is 5.26. The third-order valence-corrected chi connectivity index (χ3v) is 5.26. The highest BCUT2D eigenvalue weighted by Gasteiger charge is 2.24. The van der Waals surface area contributed by atoms with Gasteiger partial charge in [0.2, 0.25) is 5.91 Å². The zero-order valence-electron chi connectivity index (χ0n) is 16.0. The molecule has 6 nitrogen and oxygen atoms in total. The predicted molar refractivity (Wildman–Crippen MR) is 109 cm³/mol. The van der Waals surface area contributed by atoms with E-state index in [-0.39, 0.29) is 24.1 Å². The molecule has 1 fully saturated rings. The van der Waals surface area contributed by atoms with Crippen molar-refractivity contribution in [2.24, 2.45) is 0 Å². The molecular weight excluding hydrogens is 352 g/mol. The van der Waals surface area contributed by atoms with Crippen LogP contribution in [0, 0.1) is 6.92 Å². The van der Waals surface area contributed by atoms with E-state index in [1.165, 1.54) is 16.5 Å². The Labute approximate surface area is 163 Å². The molecule has 4 rings (SSSR count). The highest BCUT2D eigenvalue weighted by Crippen LogP contribution is 2.14. The van der Waals surface area contributed by atoms with Crippen molar-refractivity contribution < 1.29 is 4.79 Å². The molecule has 1 aliphatic heterocycles. The summed E-state index contributed by atoms with van der Waals surface area (Å²) < 4.78 is 1.38. The Kier molecular flexibility index (Phi) is 5.21. The molecule has 1 aromatic heterocycles. The first-order valence-corrected chi connectivity index (χ1v) is 9.60. The number of aryl methyl sites for hydroxylation is 1. The van der Waals surface area contributed by atoms with Crippen molar-refractivity contribution in [3.8, 4) is 0 Å². The number of nitrogens with one attached hydrogen (secondary N) is 1. The number of carbonyl (C=O) groups excluding carboxylic acids is 1. The van der Waals surface area contributed by atoms with Gasteiger partial charge in [0.25, 0.3) is 5.56 Å². The first kappa shape index (κ1) is 18.4. The highest BCUT2D eigenvalue weighted by molar-refractivity contribution is 5.81. The van der Waals surface area contributed by atoms with Gasteiger partial charge < -0.3 is 5.32 Å². The summed E-state index contributed by atoms with van der Waals surface area (Å²) in [6, 6.07) is 16.0. The Bertz CT molecular complexity index is 1050. The molecule has 2 heterocycles. The lowest BCUT2D eigenvalue weighted by atomic mass is 10.1. The van der Waals surface area contributed by atoms with Crippen LogP contribution in [0.2, 0.25) is 0 Å². The standard InChI is InChI=1S/C22H24N4O2/c1-16-6-5-9-19-21(16)23-15-26(22(19)28)14-20(27)24-18-10-11-25(13-18)12-17-7-3-2-4-8-17/h2-9,15,18H,10-14H2,1H3,(H,24,27). The van der Waals surface area contributed by atoms with Crippen LogP contribution in [0.1, 0.15) is 17.5 Å². The lowest BCUT2D eigenvalue weighted by molar-refractivity contribution is -0.122. The smallest absolute Gasteiger partial charge is 0.261 e. The molecule has 0 radical (unpaired) electrons. The summed E-state index contributed by atoms with van der Waals surface area (Å²) in [5, 5.41) is 3.61. The van der Waals surface area contributed by atoms with Crippen molar-refractivity contribution in [1.82, 2.24) is 19.8 Å². The Hall–Kier alpha value is -2.99. The minimum Gasteiger partial charge on any atom is -0.350 e. The topological polar surface area (TPSA) is 67.2 Å². The summed E-state index contributed by atoms with van der Waals surface area (Å²) in [5.41, 5.74) is 2.74. The Morgan fingerprint density at radius 1 is 1.18 bits per heavy atom. The summed E-state index contributed by atoms with van der Waals surface area (Å²) >= 11 is 0. The van der Waals surface area contributed by atoms with Gasteiger partial charge in [-0.25, -0.2) is 4.98 Å². The number of benzene rings is 2. The number of hydrogen-bond donors (Lipinski definition) is 1. The number of carbonyl (C=O) groups is 1. The van der Waals surface area contributed by atoms with E-state index in [1.807, 2.05) is 37.3 Å². The third kappa shape index (κ3) is 3.97. The molecule has 1 N–H and O–H groups in total. The van der Waals surface area contributed by atoms with Gasteiger partial charge in [0.15, 0.2) is 0 Å². The predicted octanol–water partition coefficient (Wildman–Crippen LogP) is 2.10. The number of rotatable bonds is 5. The zero-order chi connectivity index (χ0) is 19.5. The SMILES string of the molecule is Cc1cccc2c(=O)n(CC(=O)NC3CCN(Cc4ccccc4)C3)cnc12. The van der Waals surface area contributed by atoms with Crippen molar-refractivity contribution in [3.63, 3.8) is 0 Å². The van der Waals surface area contributed by atoms with E-state index in [0.29, 0.717) is 10.9 Å². The molecule has 144 valence electrons. The van der Waals surface area contributed by atoms with Gasteiger partial charge in [0.05, 0.1) is 17.2 Å². The number of aromatic nitrogens is 2. The first-order valence-electron chi connectivity index (χ1n) is 9.60. The first-order chi connectivity index (χ1) is 13.6. The number of para-hydroxylation sites is 1. The molecule has 0 saturated carbocycles. The molecular formula is C22H24N4O2. The fourth-order valence-electron chi connectivity index (χ4n) is 3.81. The molecule has 28 heavy (non-hydrogen) atoms. The second kappa shape index (κ2) is 7.94. The maximum absolute atomic E-state index is 12.6. The summed E-state index contributed by atoms with van der Waals surface area (Å²) in [6.07, 6.45) is 2.39. The highest BCUT2D eigenvalue weighted by atomic mass is 16.2. The van der Waals surface area contributed by atoms with E-state index >= 15 is 0 Å². The van der Waals surface area contributed by atoms with Crippen molar-refractivity contribution in [1.29, 1.82) is 0 Å². The lowest BCUT2D eigenvalue weighted by Crippen LogP contribution is -2.40. The summed E-state index contributed by atoms with van der Waals surface area (Å²) in [7, 11) is 0. The van der Waals surface area contributed by atoms with Crippen LogP contribution < -0.4 is 10.9 Å². The Morgan fingerprint density at radius 2 is 2.00 bits per heavy atom. The minimum atomic E-state index is -0.180. The molecule has 1 saturated heterocycles. The average Bonchev–Trinajstić information content (AvgIpc) is 3.12. The molecule has 1 aliphatic rings. The van der Waals surface area contributed by atoms with E-state index in [2.05, 4.69) is 27.3 Å². The van der Waals surface area contributed by atoms with Gasteiger partial charge in [-0.1, -0.05) is 42.5 Å². The second-order valence-corrected chi connectivity index (χ2v) is 7.42. The largest absolute Gasteiger partial charge is 0.350 e. The normalized spacial score (nSPS) is 17.1. The molecule has 3 aromatic rings. The van der Waals surface area contributed by atoms with E-state index < -0.39 is 0 Å². The van der Waals surface area contributed by atoms with Crippen LogP contribution in [0.4, 0.5) is 0 Å². The van der Waals surface area contributed by atoms with E-state index in [9.17, 15) is 9.59 Å². The average molecular weight is 376 g/mol. The van der Waals surface area contributed by atoms with Crippen LogP contribution in [-0.2, 0) is 17.9 Å². The number of amides is 1. The molecule has 2 aromatic carbocycles. The molecule has 0 spiro atoms. The lowest BCUT2D eigenvalue weighted by Gasteiger charge is -2.17. The molecule has 1 unspecified atom stereocenters. The van der Waals surface area contributed by atoms with Gasteiger partial charge in [0.1, 0.15) is 6.54 Å². The molecule has 1 atom stereocenters. The van der Waals surface area contributed by atoms with Crippen molar-refractivity contribution >= 4 is 16.8 Å². The maximum Gasteiger partial charge on any atom is 0.261 e. The second-order valence-electron chi connectivity index (χ2n) is 7.42. The quantitative estimate of drug-likeness (QED) is 0.741. The van der Waals surface area contributed by atoms with Crippen molar-refractivity contribution in [2.75, 3.05) is 13.1 Å². The van der Waals surface area contributed by atoms with E-state index in [0.717, 1.165) is 31.6 Å². The van der Waals surface area contributed by atoms with Crippen LogP contribution in [-0.4, -0.2) is 39.5 Å². The van der Waals surface area contributed by atoms with Crippen LogP contribution >= 0.6 is 0 Å². The zero-order valence-corrected chi connectivity index (χ0v) is 16.0. The minimum absolute atomic E-state index is 0.00903. The fraction of sp³-hybridized carbons (Fsp3) is 0.318. The van der Waals surface area contributed by atoms with Crippen LogP contribution in [0.15, 0.2) is 59.7 Å². The molecule has 1 amide bonds. The number of fused-ring (bicyclic) bond motifs is 1. The summed E-state index contributed by atoms with van der Waals surface area (Å²) in [6.45, 7) is 4.58. The maximum atomic E-state index is 12.6. The van der Waals surface area contributed by atoms with Gasteiger partial charge in [-0.2, -0.15) is 0 Å². The van der Waals surface area contributed by atoms with Crippen molar-refractivity contribution in [3.05, 3.63) is 76.3 Å². The number of likely N-dealkylation sites (tertiary alicyclic amines) is 1. The van der Waals surface area contributed by atoms with Gasteiger partial charge in [0, 0.05) is 25.7 Å². The van der Waals surface area contributed by atoms with Gasteiger partial charge in [-0.15, -0.1) is 0 Å². The van der Waals surface area contributed by atoms with Gasteiger partial charge in [-0.05, 0) is 30.5 Å². The number of nitrogens with zero attached hydrogens (tertiary/aromatic N) is 3. The fourth-order valence-corrected chi connectivity index (χ4v) is 3.81. The van der Waals surface area contributed by atoms with Crippen LogP contribution in [0.25, 0.3) is 10.9 Å². The van der Waals surface area contributed by atoms with E-state index in [4.69, 9.17) is 0 Å². The van der Waals surface area contributed by atoms with Crippen LogP contribution in [0.5, 0.6) is 0 Å². The Morgan fingerprint density at radius 3 is 2.82 bits per heavy atom. The van der Waals surface area contributed by atoms with Gasteiger partial charge in [-0.3, -0.25) is 19.1 Å². The van der Waals surface area contributed by atoms with Crippen molar-refractivity contribution in [2.45, 2.75) is 32.5 Å². The van der Waals surface area contributed by atoms with E-state index in [1.54, 1.807) is 6.07 Å². The molecule has 0 aliphatic carbocycles. The summed E-state index contributed by atoms with van der Waals surface area (Å²) in [4.78, 5) is 31.8. The van der Waals surface area contributed by atoms with Gasteiger partial charge >= 0.3 is 0 Å². The van der Waals surface area contributed by atoms with Crippen LogP contribution in [0.3, 0.4) is 0 Å². The molecule has 0 bridgehead atoms.